The molecule has 1 N–H and O–H groups in total. The summed E-state index contributed by atoms with van der Waals surface area (Å²) < 4.78 is 11.6. The van der Waals surface area contributed by atoms with E-state index in [4.69, 9.17) is 14.9 Å². The Bertz CT molecular complexity index is 937. The summed E-state index contributed by atoms with van der Waals surface area (Å²) in [6.45, 7) is 9.23. The van der Waals surface area contributed by atoms with E-state index in [0.29, 0.717) is 45.6 Å². The Kier molecular flexibility index (Phi) is 7.08. The Morgan fingerprint density at radius 1 is 1.21 bits per heavy atom. The maximum atomic E-state index is 12.9. The molecule has 1 aliphatic heterocycles. The second kappa shape index (κ2) is 9.54. The van der Waals surface area contributed by atoms with Crippen molar-refractivity contribution >= 4 is 40.0 Å². The van der Waals surface area contributed by atoms with Crippen molar-refractivity contribution in [1.29, 1.82) is 5.41 Å². The lowest BCUT2D eigenvalue weighted by Gasteiger charge is -2.14. The van der Waals surface area contributed by atoms with E-state index in [1.807, 2.05) is 32.0 Å². The first-order valence-corrected chi connectivity index (χ1v) is 11.3. The lowest BCUT2D eigenvalue weighted by atomic mass is 10.0. The van der Waals surface area contributed by atoms with E-state index in [-0.39, 0.29) is 5.78 Å². The number of carbonyl (C=O) groups excluding carboxylic acids is 1. The Morgan fingerprint density at radius 2 is 2.00 bits per heavy atom. The van der Waals surface area contributed by atoms with Gasteiger partial charge in [-0.2, -0.15) is 0 Å². The van der Waals surface area contributed by atoms with Crippen molar-refractivity contribution in [2.24, 2.45) is 5.92 Å². The molecule has 1 aromatic heterocycles. The number of ketones is 1. The van der Waals surface area contributed by atoms with Crippen LogP contribution in [0.15, 0.2) is 23.1 Å². The molecule has 8 heteroatoms. The van der Waals surface area contributed by atoms with Gasteiger partial charge in [-0.05, 0) is 43.0 Å². The van der Waals surface area contributed by atoms with Gasteiger partial charge in [0.2, 0.25) is 0 Å². The van der Waals surface area contributed by atoms with Gasteiger partial charge in [-0.15, -0.1) is 21.5 Å². The summed E-state index contributed by atoms with van der Waals surface area (Å²) in [7, 11) is 0. The summed E-state index contributed by atoms with van der Waals surface area (Å²) in [5.41, 5.74) is 0.834. The molecular formula is C21H25N3O3S2. The van der Waals surface area contributed by atoms with Gasteiger partial charge in [-0.3, -0.25) is 10.2 Å². The second-order valence-corrected chi connectivity index (χ2v) is 9.18. The number of benzene rings is 1. The number of ether oxygens (including phenoxy) is 2. The first-order valence-electron chi connectivity index (χ1n) is 9.67. The number of aryl methyl sites for hydroxylation is 1. The molecule has 6 nitrogen and oxygen atoms in total. The average Bonchev–Trinajstić information content (AvgIpc) is 3.25. The van der Waals surface area contributed by atoms with E-state index in [2.05, 4.69) is 24.0 Å². The normalized spacial score (nSPS) is 18.1. The van der Waals surface area contributed by atoms with Gasteiger partial charge in [0.05, 0.1) is 23.2 Å². The monoisotopic (exact) mass is 431 g/mol. The predicted molar refractivity (Wildman–Crippen MR) is 118 cm³/mol. The minimum atomic E-state index is -0.635. The van der Waals surface area contributed by atoms with Gasteiger partial charge < -0.3 is 9.47 Å². The molecule has 0 unspecified atom stereocenters. The third-order valence-electron chi connectivity index (χ3n) is 4.16. The van der Waals surface area contributed by atoms with Gasteiger partial charge in [0.1, 0.15) is 15.9 Å². The zero-order valence-electron chi connectivity index (χ0n) is 17.0. The van der Waals surface area contributed by atoms with Crippen molar-refractivity contribution in [2.45, 2.75) is 40.0 Å². The summed E-state index contributed by atoms with van der Waals surface area (Å²) in [6, 6.07) is 5.64. The molecule has 2 aromatic rings. The Balaban J connectivity index is 1.84. The van der Waals surface area contributed by atoms with E-state index in [1.54, 1.807) is 6.08 Å². The quantitative estimate of drug-likeness (QED) is 0.595. The Hall–Kier alpha value is -2.19. The van der Waals surface area contributed by atoms with Gasteiger partial charge in [0.15, 0.2) is 17.3 Å². The molecule has 0 amide bonds. The van der Waals surface area contributed by atoms with Crippen LogP contribution in [0.4, 0.5) is 0 Å². The third-order valence-corrected chi connectivity index (χ3v) is 6.28. The van der Waals surface area contributed by atoms with Gasteiger partial charge in [-0.25, -0.2) is 0 Å². The van der Waals surface area contributed by atoms with Crippen LogP contribution in [0.1, 0.15) is 49.2 Å². The summed E-state index contributed by atoms with van der Waals surface area (Å²) in [6.07, 6.45) is 2.57. The highest BCUT2D eigenvalue weighted by Crippen LogP contribution is 2.42. The molecular weight excluding hydrogens is 406 g/mol. The highest BCUT2D eigenvalue weighted by Gasteiger charge is 2.39. The molecule has 0 radical (unpaired) electrons. The van der Waals surface area contributed by atoms with E-state index in [1.165, 1.54) is 23.1 Å². The maximum absolute atomic E-state index is 12.9. The molecule has 0 aliphatic carbocycles. The fourth-order valence-corrected chi connectivity index (χ4v) is 4.70. The molecule has 3 rings (SSSR count). The number of carbonyl (C=O) groups is 1. The Labute approximate surface area is 179 Å². The number of allylic oxidation sites excluding steroid dienone is 1. The van der Waals surface area contributed by atoms with Gasteiger partial charge in [0, 0.05) is 0 Å². The van der Waals surface area contributed by atoms with Crippen LogP contribution in [-0.4, -0.2) is 34.2 Å². The van der Waals surface area contributed by atoms with Crippen molar-refractivity contribution in [2.75, 3.05) is 13.2 Å². The summed E-state index contributed by atoms with van der Waals surface area (Å²) in [5, 5.41) is 18.3. The first kappa shape index (κ1) is 21.5. The molecule has 2 heterocycles. The highest BCUT2D eigenvalue weighted by molar-refractivity contribution is 8.19. The number of nitrogens with one attached hydrogen (secondary N) is 1. The summed E-state index contributed by atoms with van der Waals surface area (Å²) in [4.78, 5) is 13.5. The van der Waals surface area contributed by atoms with Crippen LogP contribution >= 0.6 is 23.1 Å². The van der Waals surface area contributed by atoms with E-state index < -0.39 is 5.92 Å². The molecule has 1 aliphatic rings. The van der Waals surface area contributed by atoms with Gasteiger partial charge >= 0.3 is 0 Å². The van der Waals surface area contributed by atoms with Gasteiger partial charge in [-0.1, -0.05) is 38.6 Å². The van der Waals surface area contributed by atoms with Crippen LogP contribution in [0.25, 0.3) is 6.08 Å². The van der Waals surface area contributed by atoms with Crippen molar-refractivity contribution < 1.29 is 14.3 Å². The van der Waals surface area contributed by atoms with E-state index in [9.17, 15) is 4.79 Å². The van der Waals surface area contributed by atoms with Crippen LogP contribution in [0.5, 0.6) is 11.5 Å². The van der Waals surface area contributed by atoms with Crippen LogP contribution < -0.4 is 9.47 Å². The minimum Gasteiger partial charge on any atom is -0.490 e. The maximum Gasteiger partial charge on any atom is 0.186 e. The zero-order valence-corrected chi connectivity index (χ0v) is 18.7. The molecule has 0 saturated carbocycles. The fourth-order valence-electron chi connectivity index (χ4n) is 2.75. The SMILES string of the molecule is CCOc1cc(/C=C2\SC(=N)[C@H](c3nnc(CC)s3)C2=O)ccc1OCC(C)C. The van der Waals surface area contributed by atoms with Crippen LogP contribution in [-0.2, 0) is 11.2 Å². The lowest BCUT2D eigenvalue weighted by molar-refractivity contribution is -0.114. The Morgan fingerprint density at radius 3 is 2.66 bits per heavy atom. The largest absolute Gasteiger partial charge is 0.490 e. The lowest BCUT2D eigenvalue weighted by Crippen LogP contribution is -2.11. The number of hydrogen-bond donors (Lipinski definition) is 1. The number of thioether (sulfide) groups is 1. The third kappa shape index (κ3) is 5.05. The van der Waals surface area contributed by atoms with Gasteiger partial charge in [0.25, 0.3) is 0 Å². The van der Waals surface area contributed by atoms with E-state index >= 15 is 0 Å². The zero-order chi connectivity index (χ0) is 21.0. The highest BCUT2D eigenvalue weighted by atomic mass is 32.2. The predicted octanol–water partition coefficient (Wildman–Crippen LogP) is 4.95. The molecule has 29 heavy (non-hydrogen) atoms. The standard InChI is InChI=1S/C21H25N3O3S2/c1-5-17-23-24-21(29-17)18-19(25)16(28-20(18)22)10-13-7-8-14(27-11-12(3)4)15(9-13)26-6-2/h7-10,12,18,22H,5-6,11H2,1-4H3/b16-10-,22-20?/t18-/m1/s1. The average molecular weight is 432 g/mol. The number of Topliss-reactive ketones (excluding diaryl/α,β-unsaturated/α-hetero) is 1. The molecule has 0 spiro atoms. The van der Waals surface area contributed by atoms with E-state index in [0.717, 1.165) is 17.0 Å². The number of hydrogen-bond acceptors (Lipinski definition) is 8. The summed E-state index contributed by atoms with van der Waals surface area (Å²) >= 11 is 2.59. The number of rotatable bonds is 8. The molecule has 1 aromatic carbocycles. The minimum absolute atomic E-state index is 0.100. The molecule has 1 saturated heterocycles. The second-order valence-electron chi connectivity index (χ2n) is 7.00. The molecule has 1 fully saturated rings. The molecule has 1 atom stereocenters. The summed E-state index contributed by atoms with van der Waals surface area (Å²) in [5.74, 6) is 1.03. The van der Waals surface area contributed by atoms with Crippen molar-refractivity contribution in [3.05, 3.63) is 38.7 Å². The topological polar surface area (TPSA) is 85.2 Å². The smallest absolute Gasteiger partial charge is 0.186 e. The van der Waals surface area contributed by atoms with Crippen molar-refractivity contribution in [3.8, 4) is 11.5 Å². The first-order chi connectivity index (χ1) is 13.9. The van der Waals surface area contributed by atoms with Crippen molar-refractivity contribution in [3.63, 3.8) is 0 Å². The van der Waals surface area contributed by atoms with Crippen molar-refractivity contribution in [1.82, 2.24) is 10.2 Å². The molecule has 154 valence electrons. The fraction of sp³-hybridized carbons (Fsp3) is 0.429. The number of nitrogens with zero attached hydrogens (tertiary/aromatic N) is 2. The molecule has 0 bridgehead atoms. The van der Waals surface area contributed by atoms with Crippen LogP contribution in [0, 0.1) is 11.3 Å². The van der Waals surface area contributed by atoms with Crippen LogP contribution in [0.3, 0.4) is 0 Å². The van der Waals surface area contributed by atoms with Crippen LogP contribution in [0.2, 0.25) is 0 Å². The number of aromatic nitrogens is 2.